The zero-order chi connectivity index (χ0) is 25.9. The quantitative estimate of drug-likeness (QED) is 0.200. The molecule has 6 aromatic rings. The summed E-state index contributed by atoms with van der Waals surface area (Å²) in [5, 5.41) is 5.53. The van der Waals surface area contributed by atoms with Crippen LogP contribution in [-0.4, -0.2) is 9.52 Å². The van der Waals surface area contributed by atoms with E-state index in [0.717, 1.165) is 15.9 Å². The maximum Gasteiger partial charge on any atom is 4.00 e. The van der Waals surface area contributed by atoms with Crippen molar-refractivity contribution in [2.45, 2.75) is 20.3 Å². The second kappa shape index (κ2) is 15.0. The predicted octanol–water partition coefficient (Wildman–Crippen LogP) is 2.22. The minimum absolute atomic E-state index is 0. The Hall–Kier alpha value is -2.61. The van der Waals surface area contributed by atoms with Gasteiger partial charge in [-0.05, 0) is 29.0 Å². The second-order valence-electron chi connectivity index (χ2n) is 10.3. The van der Waals surface area contributed by atoms with Crippen LogP contribution in [0.5, 0.6) is 0 Å². The molecule has 4 heteroatoms. The van der Waals surface area contributed by atoms with Crippen LogP contribution in [0, 0.1) is 12.0 Å². The van der Waals surface area contributed by atoms with Gasteiger partial charge >= 0.3 is 26.2 Å². The molecule has 0 aromatic heterocycles. The molecule has 0 bridgehead atoms. The Balaban J connectivity index is 0.000000246. The molecule has 1 heterocycles. The van der Waals surface area contributed by atoms with E-state index in [0.29, 0.717) is 5.92 Å². The van der Waals surface area contributed by atoms with Crippen molar-refractivity contribution in [2.75, 3.05) is 0 Å². The van der Waals surface area contributed by atoms with Crippen molar-refractivity contribution in [3.63, 3.8) is 0 Å². The van der Waals surface area contributed by atoms with Gasteiger partial charge in [0.2, 0.25) is 0 Å². The Labute approximate surface area is 278 Å². The van der Waals surface area contributed by atoms with Crippen molar-refractivity contribution in [3.05, 3.63) is 139 Å². The monoisotopic (exact) mass is 662 g/mol. The fourth-order valence-corrected chi connectivity index (χ4v) is 6.74. The normalized spacial score (nSPS) is 10.8. The predicted molar refractivity (Wildman–Crippen MR) is 165 cm³/mol. The molecule has 0 amide bonds. The number of rotatable bonds is 4. The number of benzene rings is 5. The van der Waals surface area contributed by atoms with E-state index in [2.05, 4.69) is 141 Å². The summed E-state index contributed by atoms with van der Waals surface area (Å²) in [6.45, 7) is 4.57. The summed E-state index contributed by atoms with van der Waals surface area (Å²) in [6.07, 6.45) is 1.13. The molecule has 2 radical (unpaired) electrons. The number of hydrogen-bond acceptors (Lipinski definition) is 0. The zero-order valence-electron chi connectivity index (χ0n) is 23.2. The van der Waals surface area contributed by atoms with E-state index in [1.807, 2.05) is 6.07 Å². The van der Waals surface area contributed by atoms with Gasteiger partial charge in [0, 0.05) is 0 Å². The fraction of sp³-hybridized carbons (Fsp3) is 0.108. The van der Waals surface area contributed by atoms with Crippen LogP contribution in [0.25, 0.3) is 44.2 Å². The van der Waals surface area contributed by atoms with Crippen molar-refractivity contribution in [3.8, 4) is 33.4 Å². The standard InChI is InChI=1S/C25H23.C12H7Si.2ClH.Zr/c1-18(2)15-19-16-22-13-14-23(20-9-5-3-6-10-20)25(24(22)17-19)21-11-7-4-8-12-21;1-3-7-11-9(5-1)10-6-2-4-8-12(10)13-11;;;/h3-14,16-18H,15H2,1-2H3;1-7H;2*1H;/q2*-1;;;+4/p-2. The molecule has 0 fully saturated rings. The average molecular weight is 665 g/mol. The molecule has 0 nitrogen and oxygen atoms in total. The Morgan fingerprint density at radius 3 is 2.02 bits per heavy atom. The van der Waals surface area contributed by atoms with E-state index in [1.54, 1.807) is 0 Å². The number of hydrogen-bond donors (Lipinski definition) is 0. The minimum atomic E-state index is 0. The summed E-state index contributed by atoms with van der Waals surface area (Å²) in [4.78, 5) is 0. The van der Waals surface area contributed by atoms with Crippen LogP contribution in [0.3, 0.4) is 0 Å². The van der Waals surface area contributed by atoms with Crippen LogP contribution in [0.1, 0.15) is 19.4 Å². The van der Waals surface area contributed by atoms with Gasteiger partial charge in [0.25, 0.3) is 0 Å². The average Bonchev–Trinajstić information content (AvgIpc) is 3.54. The van der Waals surface area contributed by atoms with Crippen LogP contribution in [0.2, 0.25) is 0 Å². The first-order chi connectivity index (χ1) is 18.7. The molecule has 0 aliphatic carbocycles. The largest absolute Gasteiger partial charge is 4.00 e. The fourth-order valence-electron chi connectivity index (χ4n) is 5.43. The third-order valence-corrected chi connectivity index (χ3v) is 8.44. The van der Waals surface area contributed by atoms with Crippen LogP contribution in [-0.2, 0) is 32.6 Å². The van der Waals surface area contributed by atoms with Gasteiger partial charge in [-0.3, -0.25) is 0 Å². The first-order valence-electron chi connectivity index (χ1n) is 13.4. The molecule has 0 N–H and O–H groups in total. The topological polar surface area (TPSA) is 0 Å². The van der Waals surface area contributed by atoms with Gasteiger partial charge in [-0.2, -0.15) is 35.5 Å². The van der Waals surface area contributed by atoms with Gasteiger partial charge in [0.05, 0.1) is 9.52 Å². The van der Waals surface area contributed by atoms with Gasteiger partial charge in [0.15, 0.2) is 0 Å². The number of fused-ring (bicyclic) bond motifs is 4. The van der Waals surface area contributed by atoms with Gasteiger partial charge in [0.1, 0.15) is 0 Å². The molecule has 0 unspecified atom stereocenters. The summed E-state index contributed by atoms with van der Waals surface area (Å²) < 4.78 is 0. The summed E-state index contributed by atoms with van der Waals surface area (Å²) in [7, 11) is 0.795. The minimum Gasteiger partial charge on any atom is -1.00 e. The van der Waals surface area contributed by atoms with Gasteiger partial charge < -0.3 is 24.8 Å². The van der Waals surface area contributed by atoms with Gasteiger partial charge in [-0.15, -0.1) is 34.0 Å². The molecule has 7 rings (SSSR count). The van der Waals surface area contributed by atoms with Crippen LogP contribution >= 0.6 is 0 Å². The summed E-state index contributed by atoms with van der Waals surface area (Å²) >= 11 is 0. The molecule has 6 aromatic carbocycles. The third kappa shape index (κ3) is 7.25. The number of halogens is 2. The van der Waals surface area contributed by atoms with E-state index in [9.17, 15) is 0 Å². The maximum atomic E-state index is 3.31. The Morgan fingerprint density at radius 2 is 1.32 bits per heavy atom. The van der Waals surface area contributed by atoms with E-state index >= 15 is 0 Å². The molecular weight excluding hydrogens is 635 g/mol. The molecule has 0 spiro atoms. The molecule has 1 aliphatic heterocycles. The maximum absolute atomic E-state index is 3.31. The van der Waals surface area contributed by atoms with Crippen LogP contribution in [0.15, 0.2) is 127 Å². The van der Waals surface area contributed by atoms with Gasteiger partial charge in [-0.25, -0.2) is 0 Å². The molecule has 1 aliphatic rings. The van der Waals surface area contributed by atoms with Crippen LogP contribution < -0.4 is 35.2 Å². The Morgan fingerprint density at radius 1 is 0.683 bits per heavy atom. The first kappa shape index (κ1) is 32.9. The molecule has 0 atom stereocenters. The third-order valence-electron chi connectivity index (χ3n) is 7.07. The molecule has 41 heavy (non-hydrogen) atoms. The van der Waals surface area contributed by atoms with Crippen LogP contribution in [0.4, 0.5) is 0 Å². The van der Waals surface area contributed by atoms with Crippen molar-refractivity contribution in [2.24, 2.45) is 5.92 Å². The summed E-state index contributed by atoms with van der Waals surface area (Å²) in [5.74, 6) is 0.672. The van der Waals surface area contributed by atoms with E-state index in [1.165, 1.54) is 60.1 Å². The zero-order valence-corrected chi connectivity index (χ0v) is 28.1. The Bertz CT molecular complexity index is 1650. The smallest absolute Gasteiger partial charge is 1.00 e. The van der Waals surface area contributed by atoms with Crippen molar-refractivity contribution >= 4 is 30.7 Å². The summed E-state index contributed by atoms with van der Waals surface area (Å²) in [5.41, 5.74) is 9.42. The molecular formula is C37H30Cl2SiZr. The van der Waals surface area contributed by atoms with E-state index < -0.39 is 0 Å². The first-order valence-corrected chi connectivity index (χ1v) is 14.4. The molecule has 200 valence electrons. The Kier molecular flexibility index (Phi) is 12.1. The second-order valence-corrected chi connectivity index (χ2v) is 11.6. The molecule has 0 saturated heterocycles. The SMILES string of the molecule is CC(C)Cc1cc2c(-c3ccccc3)c(-c3ccccc3)ccc2[cH-]1.[Cl-].[Cl-].[Zr+4].[c-]1cccc2c1[Si]c1ccccc1-2. The van der Waals surface area contributed by atoms with Crippen molar-refractivity contribution < 1.29 is 51.0 Å². The van der Waals surface area contributed by atoms with Crippen molar-refractivity contribution in [1.29, 1.82) is 0 Å². The summed E-state index contributed by atoms with van der Waals surface area (Å²) in [6, 6.07) is 48.9. The van der Waals surface area contributed by atoms with E-state index in [4.69, 9.17) is 0 Å². The van der Waals surface area contributed by atoms with Crippen molar-refractivity contribution in [1.82, 2.24) is 0 Å². The molecule has 0 saturated carbocycles. The van der Waals surface area contributed by atoms with E-state index in [-0.39, 0.29) is 51.0 Å². The van der Waals surface area contributed by atoms with Gasteiger partial charge in [-0.1, -0.05) is 121 Å².